The van der Waals surface area contributed by atoms with Crippen molar-refractivity contribution in [2.75, 3.05) is 46.5 Å². The molecule has 1 unspecified atom stereocenters. The average Bonchev–Trinajstić information content (AvgIpc) is 3.08. The monoisotopic (exact) mass is 440 g/mol. The first kappa shape index (κ1) is 22.0. The number of amides is 1. The molecule has 2 aliphatic heterocycles. The highest BCUT2D eigenvalue weighted by Crippen LogP contribution is 2.39. The average molecular weight is 440 g/mol. The first-order valence-corrected chi connectivity index (χ1v) is 10.5. The van der Waals surface area contributed by atoms with Crippen molar-refractivity contribution in [3.8, 4) is 5.75 Å². The second kappa shape index (κ2) is 9.50. The van der Waals surface area contributed by atoms with E-state index in [2.05, 4.69) is 4.90 Å². The molecule has 0 spiro atoms. The Morgan fingerprint density at radius 2 is 1.72 bits per heavy atom. The third-order valence-electron chi connectivity index (χ3n) is 5.85. The number of carbonyl (C=O) groups is 2. The highest BCUT2D eigenvalue weighted by molar-refractivity contribution is 6.46. The van der Waals surface area contributed by atoms with E-state index in [-0.39, 0.29) is 11.3 Å². The van der Waals surface area contributed by atoms with Crippen molar-refractivity contribution in [1.82, 2.24) is 9.80 Å². The predicted molar refractivity (Wildman–Crippen MR) is 116 cm³/mol. The zero-order valence-corrected chi connectivity index (χ0v) is 17.8. The van der Waals surface area contributed by atoms with Crippen LogP contribution in [0.3, 0.4) is 0 Å². The number of hydrogen-bond acceptors (Lipinski definition) is 6. The maximum Gasteiger partial charge on any atom is 0.295 e. The third-order valence-corrected chi connectivity index (χ3v) is 5.85. The van der Waals surface area contributed by atoms with Crippen LogP contribution < -0.4 is 4.74 Å². The number of hydrogen-bond donors (Lipinski definition) is 1. The number of aliphatic hydroxyl groups is 1. The first-order chi connectivity index (χ1) is 15.5. The summed E-state index contributed by atoms with van der Waals surface area (Å²) >= 11 is 0. The van der Waals surface area contributed by atoms with Crippen molar-refractivity contribution in [3.63, 3.8) is 0 Å². The van der Waals surface area contributed by atoms with Gasteiger partial charge in [-0.05, 0) is 42.0 Å². The molecule has 168 valence electrons. The standard InChI is InChI=1S/C24H25FN2O5/c1-31-19-8-4-17(5-9-19)22(28)20-21(16-2-6-18(25)7-3-16)27(24(30)23(20)29)11-10-26-12-14-32-15-13-26/h2-9,21,28H,10-15H2,1H3/b22-20-. The molecule has 0 radical (unpaired) electrons. The highest BCUT2D eigenvalue weighted by Gasteiger charge is 2.46. The SMILES string of the molecule is COc1ccc(/C(O)=C2/C(=O)C(=O)N(CCN3CCOCC3)C2c2ccc(F)cc2)cc1. The quantitative estimate of drug-likeness (QED) is 0.423. The second-order valence-electron chi connectivity index (χ2n) is 7.73. The molecule has 7 nitrogen and oxygen atoms in total. The molecule has 32 heavy (non-hydrogen) atoms. The van der Waals surface area contributed by atoms with E-state index in [4.69, 9.17) is 9.47 Å². The fourth-order valence-corrected chi connectivity index (χ4v) is 4.08. The Kier molecular flexibility index (Phi) is 6.53. The molecular formula is C24H25FN2O5. The lowest BCUT2D eigenvalue weighted by Gasteiger charge is -2.31. The highest BCUT2D eigenvalue weighted by atomic mass is 19.1. The van der Waals surface area contributed by atoms with Crippen LogP contribution in [0.2, 0.25) is 0 Å². The third kappa shape index (κ3) is 4.37. The topological polar surface area (TPSA) is 79.3 Å². The molecule has 1 N–H and O–H groups in total. The summed E-state index contributed by atoms with van der Waals surface area (Å²) in [6.45, 7) is 3.60. The normalized spacial score (nSPS) is 21.2. The molecule has 2 aromatic rings. The fraction of sp³-hybridized carbons (Fsp3) is 0.333. The Morgan fingerprint density at radius 3 is 2.34 bits per heavy atom. The van der Waals surface area contributed by atoms with Crippen molar-refractivity contribution in [2.24, 2.45) is 0 Å². The molecule has 2 heterocycles. The number of halogens is 1. The molecule has 4 rings (SSSR count). The van der Waals surface area contributed by atoms with Gasteiger partial charge in [0.1, 0.15) is 17.3 Å². The van der Waals surface area contributed by atoms with Gasteiger partial charge in [0.25, 0.3) is 11.7 Å². The van der Waals surface area contributed by atoms with Crippen LogP contribution in [0.25, 0.3) is 5.76 Å². The van der Waals surface area contributed by atoms with Crippen molar-refractivity contribution < 1.29 is 28.6 Å². The molecule has 2 aliphatic rings. The lowest BCUT2D eigenvalue weighted by molar-refractivity contribution is -0.140. The van der Waals surface area contributed by atoms with Crippen LogP contribution in [0, 0.1) is 5.82 Å². The van der Waals surface area contributed by atoms with Gasteiger partial charge in [-0.1, -0.05) is 12.1 Å². The van der Waals surface area contributed by atoms with Gasteiger partial charge >= 0.3 is 0 Å². The van der Waals surface area contributed by atoms with Gasteiger partial charge in [-0.2, -0.15) is 0 Å². The Morgan fingerprint density at radius 1 is 1.06 bits per heavy atom. The van der Waals surface area contributed by atoms with Crippen LogP contribution in [0.1, 0.15) is 17.2 Å². The number of ketones is 1. The first-order valence-electron chi connectivity index (χ1n) is 10.5. The lowest BCUT2D eigenvalue weighted by atomic mass is 9.95. The van der Waals surface area contributed by atoms with Crippen LogP contribution in [-0.4, -0.2) is 73.1 Å². The molecule has 0 bridgehead atoms. The van der Waals surface area contributed by atoms with Gasteiger partial charge in [-0.15, -0.1) is 0 Å². The van der Waals surface area contributed by atoms with Crippen molar-refractivity contribution in [1.29, 1.82) is 0 Å². The molecule has 0 aliphatic carbocycles. The number of morpholine rings is 1. The van der Waals surface area contributed by atoms with Gasteiger partial charge < -0.3 is 19.5 Å². The molecule has 8 heteroatoms. The van der Waals surface area contributed by atoms with E-state index < -0.39 is 23.5 Å². The Labute approximate surface area is 185 Å². The number of rotatable bonds is 6. The Bertz CT molecular complexity index is 1010. The number of benzene rings is 2. The van der Waals surface area contributed by atoms with E-state index in [0.717, 1.165) is 13.1 Å². The lowest BCUT2D eigenvalue weighted by Crippen LogP contribution is -2.42. The molecule has 1 atom stereocenters. The van der Waals surface area contributed by atoms with E-state index in [1.54, 1.807) is 24.3 Å². The van der Waals surface area contributed by atoms with E-state index in [0.29, 0.717) is 43.2 Å². The molecule has 1 amide bonds. The molecule has 0 aromatic heterocycles. The summed E-state index contributed by atoms with van der Waals surface area (Å²) < 4.78 is 24.1. The molecule has 2 aromatic carbocycles. The maximum absolute atomic E-state index is 13.6. The minimum absolute atomic E-state index is 0.00578. The summed E-state index contributed by atoms with van der Waals surface area (Å²) in [6, 6.07) is 11.4. The van der Waals surface area contributed by atoms with Crippen LogP contribution in [0.4, 0.5) is 4.39 Å². The minimum atomic E-state index is -0.807. The maximum atomic E-state index is 13.6. The number of Topliss-reactive ketones (excluding diaryl/α,β-unsaturated/α-hetero) is 1. The number of aliphatic hydroxyl groups excluding tert-OH is 1. The fourth-order valence-electron chi connectivity index (χ4n) is 4.08. The molecule has 2 fully saturated rings. The van der Waals surface area contributed by atoms with Gasteiger partial charge in [0.05, 0.1) is 31.9 Å². The summed E-state index contributed by atoms with van der Waals surface area (Å²) in [7, 11) is 1.53. The van der Waals surface area contributed by atoms with E-state index in [1.807, 2.05) is 0 Å². The number of nitrogens with zero attached hydrogens (tertiary/aromatic N) is 2. The van der Waals surface area contributed by atoms with Gasteiger partial charge in [0.2, 0.25) is 0 Å². The summed E-state index contributed by atoms with van der Waals surface area (Å²) in [5.41, 5.74) is 0.945. The summed E-state index contributed by atoms with van der Waals surface area (Å²) in [5, 5.41) is 11.0. The zero-order valence-electron chi connectivity index (χ0n) is 17.8. The Hall–Kier alpha value is -3.23. The van der Waals surface area contributed by atoms with Gasteiger partial charge in [-0.3, -0.25) is 14.5 Å². The second-order valence-corrected chi connectivity index (χ2v) is 7.73. The number of likely N-dealkylation sites (tertiary alicyclic amines) is 1. The van der Waals surface area contributed by atoms with E-state index >= 15 is 0 Å². The van der Waals surface area contributed by atoms with E-state index in [9.17, 15) is 19.1 Å². The van der Waals surface area contributed by atoms with Crippen LogP contribution >= 0.6 is 0 Å². The Balaban J connectivity index is 1.71. The molecule has 2 saturated heterocycles. The van der Waals surface area contributed by atoms with Crippen LogP contribution in [0.5, 0.6) is 5.75 Å². The summed E-state index contributed by atoms with van der Waals surface area (Å²) in [6.07, 6.45) is 0. The van der Waals surface area contributed by atoms with Crippen molar-refractivity contribution in [2.45, 2.75) is 6.04 Å². The van der Waals surface area contributed by atoms with Gasteiger partial charge in [-0.25, -0.2) is 4.39 Å². The molecular weight excluding hydrogens is 415 g/mol. The molecule has 0 saturated carbocycles. The van der Waals surface area contributed by atoms with Crippen LogP contribution in [0.15, 0.2) is 54.1 Å². The zero-order chi connectivity index (χ0) is 22.7. The van der Waals surface area contributed by atoms with Gasteiger partial charge in [0.15, 0.2) is 0 Å². The predicted octanol–water partition coefficient (Wildman–Crippen LogP) is 2.59. The smallest absolute Gasteiger partial charge is 0.295 e. The summed E-state index contributed by atoms with van der Waals surface area (Å²) in [5.74, 6) is -1.52. The van der Waals surface area contributed by atoms with Gasteiger partial charge in [0, 0.05) is 31.7 Å². The van der Waals surface area contributed by atoms with E-state index in [1.165, 1.54) is 36.3 Å². The van der Waals surface area contributed by atoms with Crippen molar-refractivity contribution in [3.05, 3.63) is 71.0 Å². The largest absolute Gasteiger partial charge is 0.507 e. The summed E-state index contributed by atoms with van der Waals surface area (Å²) in [4.78, 5) is 29.6. The van der Waals surface area contributed by atoms with Crippen LogP contribution in [-0.2, 0) is 14.3 Å². The number of methoxy groups -OCH3 is 1. The number of ether oxygens (including phenoxy) is 2. The minimum Gasteiger partial charge on any atom is -0.507 e. The number of carbonyl (C=O) groups excluding carboxylic acids is 2. The van der Waals surface area contributed by atoms with Crippen molar-refractivity contribution >= 4 is 17.4 Å².